The lowest BCUT2D eigenvalue weighted by Gasteiger charge is -2.45. The summed E-state index contributed by atoms with van der Waals surface area (Å²) in [4.78, 5) is 22.2. The molecule has 30 heavy (non-hydrogen) atoms. The molecule has 4 rings (SSSR count). The summed E-state index contributed by atoms with van der Waals surface area (Å²) in [6, 6.07) is 2.17. The van der Waals surface area contributed by atoms with E-state index in [1.54, 1.807) is 13.4 Å². The van der Waals surface area contributed by atoms with E-state index in [-0.39, 0.29) is 11.9 Å². The first-order valence-electron chi connectivity index (χ1n) is 11.4. The lowest BCUT2D eigenvalue weighted by molar-refractivity contribution is -0.0329. The van der Waals surface area contributed by atoms with Crippen molar-refractivity contribution in [3.8, 4) is 0 Å². The van der Waals surface area contributed by atoms with Gasteiger partial charge in [0.25, 0.3) is 5.91 Å². The molecule has 2 heterocycles. The van der Waals surface area contributed by atoms with Crippen LogP contribution in [-0.2, 0) is 16.1 Å². The SMILES string of the molecule is CCCCO[C@H]1C[C@H]2CCC[C@@H](C1)[C@@H]2NC(=O)c1ncn2c(C)cc(COC)nc12. The third kappa shape index (κ3) is 4.37. The van der Waals surface area contributed by atoms with Crippen LogP contribution in [0.1, 0.15) is 73.7 Å². The molecule has 164 valence electrons. The Morgan fingerprint density at radius 2 is 2.07 bits per heavy atom. The molecule has 2 aliphatic carbocycles. The zero-order chi connectivity index (χ0) is 21.1. The number of rotatable bonds is 8. The van der Waals surface area contributed by atoms with Crippen LogP contribution in [0.4, 0.5) is 0 Å². The molecular weight excluding hydrogens is 380 g/mol. The van der Waals surface area contributed by atoms with Gasteiger partial charge in [-0.1, -0.05) is 19.8 Å². The summed E-state index contributed by atoms with van der Waals surface area (Å²) < 4.78 is 13.2. The molecule has 1 N–H and O–H groups in total. The average Bonchev–Trinajstić information content (AvgIpc) is 3.13. The smallest absolute Gasteiger partial charge is 0.274 e. The number of aryl methyl sites for hydroxylation is 1. The van der Waals surface area contributed by atoms with Crippen molar-refractivity contribution in [3.05, 3.63) is 29.5 Å². The highest BCUT2D eigenvalue weighted by Gasteiger charge is 2.41. The van der Waals surface area contributed by atoms with Crippen LogP contribution in [0.2, 0.25) is 0 Å². The Bertz CT molecular complexity index is 867. The topological polar surface area (TPSA) is 77.8 Å². The normalized spacial score (nSPS) is 26.1. The lowest BCUT2D eigenvalue weighted by atomic mass is 9.67. The molecule has 2 aromatic heterocycles. The lowest BCUT2D eigenvalue weighted by Crippen LogP contribution is -2.52. The fourth-order valence-corrected chi connectivity index (χ4v) is 5.24. The fourth-order valence-electron chi connectivity index (χ4n) is 5.24. The van der Waals surface area contributed by atoms with Gasteiger partial charge in [-0.05, 0) is 56.9 Å². The third-order valence-corrected chi connectivity index (χ3v) is 6.70. The van der Waals surface area contributed by atoms with Crippen molar-refractivity contribution < 1.29 is 14.3 Å². The second-order valence-electron chi connectivity index (χ2n) is 8.88. The molecule has 0 unspecified atom stereocenters. The van der Waals surface area contributed by atoms with E-state index < -0.39 is 0 Å². The molecule has 0 aromatic carbocycles. The van der Waals surface area contributed by atoms with Crippen LogP contribution in [0.15, 0.2) is 12.4 Å². The summed E-state index contributed by atoms with van der Waals surface area (Å²) in [6.07, 6.45) is 9.97. The molecule has 2 aliphatic rings. The Balaban J connectivity index is 1.49. The maximum absolute atomic E-state index is 13.2. The first-order valence-corrected chi connectivity index (χ1v) is 11.4. The number of ether oxygens (including phenoxy) is 2. The highest BCUT2D eigenvalue weighted by molar-refractivity contribution is 5.98. The van der Waals surface area contributed by atoms with Gasteiger partial charge in [0, 0.05) is 25.5 Å². The molecular formula is C23H34N4O3. The standard InChI is InChI=1S/C23H34N4O3/c1-4-5-9-30-19-11-16-7-6-8-17(12-19)20(16)26-23(28)21-22-25-18(13-29-3)10-15(2)27(22)14-24-21/h10,14,16-17,19-20H,4-9,11-13H2,1-3H3,(H,26,28)/t16-,17+,19+,20-. The monoisotopic (exact) mass is 414 g/mol. The van der Waals surface area contributed by atoms with Gasteiger partial charge in [0.15, 0.2) is 11.3 Å². The van der Waals surface area contributed by atoms with Crippen molar-refractivity contribution in [1.82, 2.24) is 19.7 Å². The molecule has 2 fully saturated rings. The van der Waals surface area contributed by atoms with Crippen LogP contribution >= 0.6 is 0 Å². The number of aromatic nitrogens is 3. The first-order chi connectivity index (χ1) is 14.6. The average molecular weight is 415 g/mol. The largest absolute Gasteiger partial charge is 0.378 e. The van der Waals surface area contributed by atoms with E-state index in [0.29, 0.717) is 35.9 Å². The summed E-state index contributed by atoms with van der Waals surface area (Å²) in [5.74, 6) is 0.854. The maximum atomic E-state index is 13.2. The molecule has 0 saturated heterocycles. The van der Waals surface area contributed by atoms with Crippen LogP contribution in [-0.4, -0.2) is 46.1 Å². The molecule has 7 heteroatoms. The molecule has 0 spiro atoms. The number of amides is 1. The molecule has 2 saturated carbocycles. The van der Waals surface area contributed by atoms with Gasteiger partial charge in [-0.2, -0.15) is 0 Å². The summed E-state index contributed by atoms with van der Waals surface area (Å²) in [7, 11) is 1.65. The number of nitrogens with one attached hydrogen (secondary N) is 1. The van der Waals surface area contributed by atoms with Gasteiger partial charge in [-0.25, -0.2) is 9.97 Å². The third-order valence-electron chi connectivity index (χ3n) is 6.70. The van der Waals surface area contributed by atoms with E-state index in [1.807, 2.05) is 17.4 Å². The molecule has 2 bridgehead atoms. The van der Waals surface area contributed by atoms with Gasteiger partial charge in [0.1, 0.15) is 6.33 Å². The van der Waals surface area contributed by atoms with Crippen LogP contribution < -0.4 is 5.32 Å². The van der Waals surface area contributed by atoms with E-state index in [4.69, 9.17) is 9.47 Å². The molecule has 4 atom stereocenters. The van der Waals surface area contributed by atoms with E-state index in [9.17, 15) is 4.79 Å². The Morgan fingerprint density at radius 3 is 2.77 bits per heavy atom. The van der Waals surface area contributed by atoms with E-state index in [1.165, 1.54) is 6.42 Å². The van der Waals surface area contributed by atoms with Gasteiger partial charge < -0.3 is 14.8 Å². The predicted octanol–water partition coefficient (Wildman–Crippen LogP) is 3.68. The van der Waals surface area contributed by atoms with E-state index in [0.717, 1.165) is 56.5 Å². The number of carbonyl (C=O) groups excluding carboxylic acids is 1. The second kappa shape index (κ2) is 9.43. The number of methoxy groups -OCH3 is 1. The maximum Gasteiger partial charge on any atom is 0.274 e. The number of imidazole rings is 1. The number of carbonyl (C=O) groups is 1. The van der Waals surface area contributed by atoms with Crippen molar-refractivity contribution in [2.45, 2.75) is 77.5 Å². The van der Waals surface area contributed by atoms with E-state index >= 15 is 0 Å². The van der Waals surface area contributed by atoms with Gasteiger partial charge in [-0.15, -0.1) is 0 Å². The zero-order valence-electron chi connectivity index (χ0n) is 18.4. The van der Waals surface area contributed by atoms with Crippen LogP contribution in [0.3, 0.4) is 0 Å². The Hall–Kier alpha value is -1.99. The van der Waals surface area contributed by atoms with Crippen molar-refractivity contribution >= 4 is 11.6 Å². The predicted molar refractivity (Wildman–Crippen MR) is 114 cm³/mol. The van der Waals surface area contributed by atoms with Crippen molar-refractivity contribution in [2.75, 3.05) is 13.7 Å². The molecule has 1 amide bonds. The number of unbranched alkanes of at least 4 members (excludes halogenated alkanes) is 1. The van der Waals surface area contributed by atoms with Crippen molar-refractivity contribution in [1.29, 1.82) is 0 Å². The van der Waals surface area contributed by atoms with Gasteiger partial charge >= 0.3 is 0 Å². The zero-order valence-corrected chi connectivity index (χ0v) is 18.4. The molecule has 2 aromatic rings. The fraction of sp³-hybridized carbons (Fsp3) is 0.696. The molecule has 0 aliphatic heterocycles. The number of nitrogens with zero attached hydrogens (tertiary/aromatic N) is 3. The summed E-state index contributed by atoms with van der Waals surface area (Å²) in [6.45, 7) is 5.45. The van der Waals surface area contributed by atoms with E-state index in [2.05, 4.69) is 22.2 Å². The highest BCUT2D eigenvalue weighted by atomic mass is 16.5. The first kappa shape index (κ1) is 21.2. The minimum Gasteiger partial charge on any atom is -0.378 e. The Kier molecular flexibility index (Phi) is 6.68. The molecule has 7 nitrogen and oxygen atoms in total. The van der Waals surface area contributed by atoms with Crippen LogP contribution in [0, 0.1) is 18.8 Å². The Labute approximate surface area is 178 Å². The summed E-state index contributed by atoms with van der Waals surface area (Å²) in [5.41, 5.74) is 2.79. The molecule has 0 radical (unpaired) electrons. The number of hydrogen-bond donors (Lipinski definition) is 1. The van der Waals surface area contributed by atoms with Crippen molar-refractivity contribution in [2.24, 2.45) is 11.8 Å². The highest BCUT2D eigenvalue weighted by Crippen LogP contribution is 2.41. The number of hydrogen-bond acceptors (Lipinski definition) is 5. The Morgan fingerprint density at radius 1 is 1.30 bits per heavy atom. The summed E-state index contributed by atoms with van der Waals surface area (Å²) >= 11 is 0. The number of fused-ring (bicyclic) bond motifs is 3. The second-order valence-corrected chi connectivity index (χ2v) is 8.88. The van der Waals surface area contributed by atoms with Gasteiger partial charge in [0.05, 0.1) is 18.4 Å². The quantitative estimate of drug-likeness (QED) is 0.667. The van der Waals surface area contributed by atoms with Crippen molar-refractivity contribution in [3.63, 3.8) is 0 Å². The van der Waals surface area contributed by atoms with Crippen LogP contribution in [0.25, 0.3) is 5.65 Å². The van der Waals surface area contributed by atoms with Gasteiger partial charge in [0.2, 0.25) is 0 Å². The minimum atomic E-state index is -0.119. The van der Waals surface area contributed by atoms with Gasteiger partial charge in [-0.3, -0.25) is 9.20 Å². The summed E-state index contributed by atoms with van der Waals surface area (Å²) in [5, 5.41) is 3.33. The minimum absolute atomic E-state index is 0.119. The van der Waals surface area contributed by atoms with Crippen LogP contribution in [0.5, 0.6) is 0 Å².